The Morgan fingerprint density at radius 2 is 1.70 bits per heavy atom. The number of primary amides is 1. The van der Waals surface area contributed by atoms with Crippen molar-refractivity contribution in [1.82, 2.24) is 15.5 Å². The number of likely N-dealkylation sites (N-methyl/N-ethyl adjacent to an activating group) is 1. The molecule has 12 heteroatoms. The second-order valence-electron chi connectivity index (χ2n) is 9.55. The Labute approximate surface area is 225 Å². The van der Waals surface area contributed by atoms with Crippen LogP contribution in [0.4, 0.5) is 0 Å². The highest BCUT2D eigenvalue weighted by atomic mass is 32.2. The van der Waals surface area contributed by atoms with Gasteiger partial charge in [-0.05, 0) is 44.4 Å². The molecule has 1 unspecified atom stereocenters. The Kier molecular flexibility index (Phi) is 17.1. The number of allylic oxidation sites excluding steroid dienone is 2. The number of hydrogen-bond donors (Lipinski definition) is 5. The molecule has 0 rings (SSSR count). The molecule has 4 atom stereocenters. The molecule has 0 aliphatic rings. The molecule has 0 saturated heterocycles. The van der Waals surface area contributed by atoms with Gasteiger partial charge in [-0.15, -0.1) is 11.8 Å². The van der Waals surface area contributed by atoms with Crippen LogP contribution in [0.15, 0.2) is 17.1 Å². The number of carbonyl (C=O) groups is 4. The van der Waals surface area contributed by atoms with E-state index >= 15 is 0 Å². The average molecular weight is 542 g/mol. The Balaban J connectivity index is 5.49. The van der Waals surface area contributed by atoms with Crippen LogP contribution in [-0.4, -0.2) is 71.3 Å². The van der Waals surface area contributed by atoms with Crippen molar-refractivity contribution in [2.75, 3.05) is 19.3 Å². The van der Waals surface area contributed by atoms with Crippen LogP contribution in [0.2, 0.25) is 0 Å². The largest absolute Gasteiger partial charge is 0.370 e. The van der Waals surface area contributed by atoms with Gasteiger partial charge in [0.2, 0.25) is 17.7 Å². The van der Waals surface area contributed by atoms with E-state index in [-0.39, 0.29) is 24.3 Å². The highest BCUT2D eigenvalue weighted by Crippen LogP contribution is 2.18. The fourth-order valence-corrected chi connectivity index (χ4v) is 4.46. The van der Waals surface area contributed by atoms with Crippen LogP contribution in [0.5, 0.6) is 0 Å². The van der Waals surface area contributed by atoms with Crippen LogP contribution < -0.4 is 27.8 Å². The predicted molar refractivity (Wildman–Crippen MR) is 150 cm³/mol. The van der Waals surface area contributed by atoms with Gasteiger partial charge >= 0.3 is 0 Å². The molecule has 0 aromatic carbocycles. The Morgan fingerprint density at radius 3 is 2.22 bits per heavy atom. The average Bonchev–Trinajstić information content (AvgIpc) is 2.82. The molecule has 0 radical (unpaired) electrons. The third-order valence-electron chi connectivity index (χ3n) is 5.63. The summed E-state index contributed by atoms with van der Waals surface area (Å²) in [7, 11) is 1.50. The van der Waals surface area contributed by atoms with Crippen molar-refractivity contribution in [3.63, 3.8) is 0 Å². The summed E-state index contributed by atoms with van der Waals surface area (Å²) in [5.74, 6) is -1.08. The minimum absolute atomic E-state index is 0.0782. The normalized spacial score (nSPS) is 14.5. The monoisotopic (exact) mass is 541 g/mol. The number of carbonyl (C=O) groups excluding carboxylic acids is 4. The predicted octanol–water partition coefficient (Wildman–Crippen LogP) is 1.07. The Bertz CT molecular complexity index is 800. The van der Waals surface area contributed by atoms with Crippen LogP contribution in [0.1, 0.15) is 66.7 Å². The minimum Gasteiger partial charge on any atom is -0.370 e. The summed E-state index contributed by atoms with van der Waals surface area (Å²) in [6.45, 7) is 9.88. The van der Waals surface area contributed by atoms with Crippen LogP contribution in [0, 0.1) is 11.8 Å². The van der Waals surface area contributed by atoms with E-state index in [4.69, 9.17) is 17.2 Å². The SMILES string of the molecule is C/C=C/C[C@@H](C)CCC(=O)N[C@@H](CC)C(=O)N(C)C(SCCN=C(N)N)C(=O)N[C@@H](CC(C)C)C(N)=O. The molecule has 0 heterocycles. The summed E-state index contributed by atoms with van der Waals surface area (Å²) in [6, 6.07) is -1.66. The van der Waals surface area contributed by atoms with E-state index < -0.39 is 35.2 Å². The molecular weight excluding hydrogens is 494 g/mol. The maximum Gasteiger partial charge on any atom is 0.253 e. The zero-order valence-corrected chi connectivity index (χ0v) is 24.0. The van der Waals surface area contributed by atoms with E-state index in [9.17, 15) is 19.2 Å². The first-order chi connectivity index (χ1) is 17.3. The maximum absolute atomic E-state index is 13.3. The van der Waals surface area contributed by atoms with Gasteiger partial charge < -0.3 is 32.7 Å². The van der Waals surface area contributed by atoms with Gasteiger partial charge in [0, 0.05) is 19.2 Å². The van der Waals surface area contributed by atoms with Crippen molar-refractivity contribution in [3.8, 4) is 0 Å². The molecule has 0 aromatic heterocycles. The smallest absolute Gasteiger partial charge is 0.253 e. The number of nitrogens with two attached hydrogens (primary N) is 3. The summed E-state index contributed by atoms with van der Waals surface area (Å²) in [6.07, 6.45) is 6.66. The standard InChI is InChI=1S/C25H47N7O4S/c1-7-9-10-17(5)11-12-20(33)30-18(8-2)23(36)32(6)24(37-14-13-29-25(27)28)22(35)31-19(21(26)34)15-16(3)4/h7,9,16-19,24H,8,10-15H2,1-6H3,(H2,26,34)(H,30,33)(H,31,35)(H4,27,28,29)/b9-7+/t17-,18+,19+,24?/m1/s1. The van der Waals surface area contributed by atoms with Gasteiger partial charge in [-0.1, -0.05) is 39.8 Å². The number of aliphatic imine (C=N–C) groups is 1. The second kappa shape index (κ2) is 18.5. The number of rotatable bonds is 18. The zero-order valence-electron chi connectivity index (χ0n) is 23.2. The molecule has 0 aliphatic carbocycles. The van der Waals surface area contributed by atoms with Crippen molar-refractivity contribution < 1.29 is 19.2 Å². The van der Waals surface area contributed by atoms with Gasteiger partial charge in [0.25, 0.3) is 5.91 Å². The maximum atomic E-state index is 13.3. The van der Waals surface area contributed by atoms with Gasteiger partial charge in [-0.2, -0.15) is 0 Å². The van der Waals surface area contributed by atoms with E-state index in [1.807, 2.05) is 26.8 Å². The van der Waals surface area contributed by atoms with E-state index in [0.717, 1.165) is 18.2 Å². The number of thioether (sulfide) groups is 1. The van der Waals surface area contributed by atoms with Gasteiger partial charge in [-0.25, -0.2) is 0 Å². The summed E-state index contributed by atoms with van der Waals surface area (Å²) < 4.78 is 0. The van der Waals surface area contributed by atoms with Gasteiger partial charge in [-0.3, -0.25) is 24.2 Å². The van der Waals surface area contributed by atoms with Gasteiger partial charge in [0.15, 0.2) is 11.3 Å². The molecular formula is C25H47N7O4S. The van der Waals surface area contributed by atoms with Crippen molar-refractivity contribution in [1.29, 1.82) is 0 Å². The van der Waals surface area contributed by atoms with Crippen LogP contribution in [0.25, 0.3) is 0 Å². The molecule has 0 saturated carbocycles. The number of nitrogens with one attached hydrogen (secondary N) is 2. The number of nitrogens with zero attached hydrogens (tertiary/aromatic N) is 2. The van der Waals surface area contributed by atoms with Crippen LogP contribution in [0.3, 0.4) is 0 Å². The zero-order chi connectivity index (χ0) is 28.5. The Morgan fingerprint density at radius 1 is 1.05 bits per heavy atom. The molecule has 37 heavy (non-hydrogen) atoms. The van der Waals surface area contributed by atoms with Crippen molar-refractivity contribution >= 4 is 41.4 Å². The fraction of sp³-hybridized carbons (Fsp3) is 0.720. The topological polar surface area (TPSA) is 186 Å². The quantitative estimate of drug-likeness (QED) is 0.0564. The molecule has 8 N–H and O–H groups in total. The summed E-state index contributed by atoms with van der Waals surface area (Å²) >= 11 is 1.15. The lowest BCUT2D eigenvalue weighted by atomic mass is 10.0. The highest BCUT2D eigenvalue weighted by molar-refractivity contribution is 8.00. The van der Waals surface area contributed by atoms with E-state index in [0.29, 0.717) is 37.4 Å². The lowest BCUT2D eigenvalue weighted by Crippen LogP contribution is -2.56. The third-order valence-corrected chi connectivity index (χ3v) is 6.90. The fourth-order valence-electron chi connectivity index (χ4n) is 3.49. The molecule has 0 aliphatic heterocycles. The Hall–Kier alpha value is -2.76. The first-order valence-corrected chi connectivity index (χ1v) is 13.8. The summed E-state index contributed by atoms with van der Waals surface area (Å²) in [5, 5.41) is 4.49. The highest BCUT2D eigenvalue weighted by Gasteiger charge is 2.33. The van der Waals surface area contributed by atoms with Crippen LogP contribution >= 0.6 is 11.8 Å². The molecule has 0 fully saturated rings. The third kappa shape index (κ3) is 14.5. The molecule has 0 spiro atoms. The van der Waals surface area contributed by atoms with Crippen molar-refractivity contribution in [2.45, 2.75) is 84.2 Å². The first-order valence-electron chi connectivity index (χ1n) is 12.8. The number of amides is 4. The summed E-state index contributed by atoms with van der Waals surface area (Å²) in [4.78, 5) is 56.2. The first kappa shape index (κ1) is 34.2. The summed E-state index contributed by atoms with van der Waals surface area (Å²) in [5.41, 5.74) is 16.2. The van der Waals surface area contributed by atoms with E-state index in [1.165, 1.54) is 11.9 Å². The van der Waals surface area contributed by atoms with E-state index in [1.54, 1.807) is 6.92 Å². The molecule has 212 valence electrons. The second-order valence-corrected chi connectivity index (χ2v) is 10.7. The molecule has 11 nitrogen and oxygen atoms in total. The molecule has 4 amide bonds. The van der Waals surface area contributed by atoms with Gasteiger partial charge in [0.05, 0.1) is 6.54 Å². The van der Waals surface area contributed by atoms with Gasteiger partial charge in [0.1, 0.15) is 12.1 Å². The lowest BCUT2D eigenvalue weighted by molar-refractivity contribution is -0.140. The molecule has 0 aromatic rings. The van der Waals surface area contributed by atoms with Crippen molar-refractivity contribution in [2.24, 2.45) is 34.0 Å². The minimum atomic E-state index is -0.984. The molecule has 0 bridgehead atoms. The number of hydrogen-bond acceptors (Lipinski definition) is 6. The number of guanidine groups is 1. The van der Waals surface area contributed by atoms with E-state index in [2.05, 4.69) is 28.6 Å². The van der Waals surface area contributed by atoms with Crippen LogP contribution in [-0.2, 0) is 19.2 Å². The van der Waals surface area contributed by atoms with Crippen molar-refractivity contribution in [3.05, 3.63) is 12.2 Å². The lowest BCUT2D eigenvalue weighted by Gasteiger charge is -2.31.